The summed E-state index contributed by atoms with van der Waals surface area (Å²) in [5.41, 5.74) is 3.00. The predicted octanol–water partition coefficient (Wildman–Crippen LogP) is 4.60. The quantitative estimate of drug-likeness (QED) is 0.460. The second-order valence-corrected chi connectivity index (χ2v) is 6.32. The fourth-order valence-corrected chi connectivity index (χ4v) is 3.05. The Morgan fingerprint density at radius 1 is 1.35 bits per heavy atom. The van der Waals surface area contributed by atoms with Gasteiger partial charge in [0.25, 0.3) is 0 Å². The first kappa shape index (κ1) is 16.3. The van der Waals surface area contributed by atoms with Gasteiger partial charge in [-0.2, -0.15) is 18.3 Å². The number of alkyl halides is 3. The van der Waals surface area contributed by atoms with E-state index >= 15 is 0 Å². The Kier molecular flexibility index (Phi) is 4.33. The Morgan fingerprint density at radius 3 is 2.83 bits per heavy atom. The summed E-state index contributed by atoms with van der Waals surface area (Å²) in [5, 5.41) is 7.13. The molecule has 0 bridgehead atoms. The lowest BCUT2D eigenvalue weighted by Crippen LogP contribution is -2.36. The zero-order valence-corrected chi connectivity index (χ0v) is 13.4. The van der Waals surface area contributed by atoms with Gasteiger partial charge in [0.2, 0.25) is 0 Å². The van der Waals surface area contributed by atoms with Crippen LogP contribution in [0.2, 0.25) is 5.02 Å². The van der Waals surface area contributed by atoms with Gasteiger partial charge in [0.05, 0.1) is 16.3 Å². The number of halogens is 4. The van der Waals surface area contributed by atoms with Crippen molar-refractivity contribution in [3.05, 3.63) is 40.9 Å². The zero-order valence-electron chi connectivity index (χ0n) is 11.8. The number of nitrogens with one attached hydrogen (secondary N) is 2. The van der Waals surface area contributed by atoms with E-state index in [1.54, 1.807) is 0 Å². The molecule has 23 heavy (non-hydrogen) atoms. The Bertz CT molecular complexity index is 700. The highest BCUT2D eigenvalue weighted by molar-refractivity contribution is 7.80. The number of nitrogens with zero attached hydrogens (tertiary/aromatic N) is 1. The van der Waals surface area contributed by atoms with Crippen molar-refractivity contribution in [3.63, 3.8) is 0 Å². The smallest absolute Gasteiger partial charge is 0.330 e. The second-order valence-electron chi connectivity index (χ2n) is 5.50. The highest BCUT2D eigenvalue weighted by Gasteiger charge is 2.38. The number of fused-ring (bicyclic) bond motifs is 1. The molecule has 2 unspecified atom stereocenters. The maximum Gasteiger partial charge on any atom is 0.416 e. The topological polar surface area (TPSA) is 36.4 Å². The van der Waals surface area contributed by atoms with Gasteiger partial charge in [-0.3, -0.25) is 5.43 Å². The first-order chi connectivity index (χ1) is 10.8. The standard InChI is InChI=1S/C15H13ClF3N3S/c16-11-5-4-9(15(17,18)19)7-13(11)20-14(23)22-21-12-6-8-2-1-3-10(8)12/h1-2,4-5,7-8,10H,3,6H2,(H2,20,22,23)/b21-12+. The molecule has 3 nitrogen and oxygen atoms in total. The summed E-state index contributed by atoms with van der Waals surface area (Å²) in [6.45, 7) is 0. The second kappa shape index (κ2) is 6.13. The lowest BCUT2D eigenvalue weighted by atomic mass is 9.74. The molecule has 0 amide bonds. The molecule has 0 spiro atoms. The molecule has 2 aliphatic rings. The van der Waals surface area contributed by atoms with Crippen LogP contribution in [0.25, 0.3) is 0 Å². The van der Waals surface area contributed by atoms with Crippen molar-refractivity contribution >= 4 is 40.3 Å². The Hall–Kier alpha value is -1.60. The summed E-state index contributed by atoms with van der Waals surface area (Å²) in [4.78, 5) is 0. The number of hydrogen-bond donors (Lipinski definition) is 2. The molecule has 3 rings (SSSR count). The van der Waals surface area contributed by atoms with E-state index in [9.17, 15) is 13.2 Å². The van der Waals surface area contributed by atoms with Gasteiger partial charge in [0, 0.05) is 11.6 Å². The molecule has 2 atom stereocenters. The molecular formula is C15H13ClF3N3S. The molecule has 0 radical (unpaired) electrons. The van der Waals surface area contributed by atoms with E-state index < -0.39 is 11.7 Å². The van der Waals surface area contributed by atoms with Crippen LogP contribution >= 0.6 is 23.8 Å². The summed E-state index contributed by atoms with van der Waals surface area (Å²) < 4.78 is 38.2. The lowest BCUT2D eigenvalue weighted by molar-refractivity contribution is -0.137. The number of thiocarbonyl (C=S) groups is 1. The van der Waals surface area contributed by atoms with Crippen LogP contribution in [0.15, 0.2) is 35.5 Å². The van der Waals surface area contributed by atoms with Crippen LogP contribution in [0, 0.1) is 11.8 Å². The van der Waals surface area contributed by atoms with Crippen molar-refractivity contribution < 1.29 is 13.2 Å². The third-order valence-electron chi connectivity index (χ3n) is 4.01. The van der Waals surface area contributed by atoms with Gasteiger partial charge in [-0.05, 0) is 49.2 Å². The molecule has 1 saturated carbocycles. The third-order valence-corrected chi connectivity index (χ3v) is 4.53. The largest absolute Gasteiger partial charge is 0.416 e. The Labute approximate surface area is 141 Å². The van der Waals surface area contributed by atoms with Crippen molar-refractivity contribution in [2.45, 2.75) is 19.0 Å². The van der Waals surface area contributed by atoms with E-state index in [0.717, 1.165) is 30.7 Å². The van der Waals surface area contributed by atoms with Crippen molar-refractivity contribution in [1.29, 1.82) is 0 Å². The number of hydrogen-bond acceptors (Lipinski definition) is 2. The molecule has 1 aromatic carbocycles. The van der Waals surface area contributed by atoms with E-state index in [0.29, 0.717) is 11.8 Å². The first-order valence-electron chi connectivity index (χ1n) is 7.01. The highest BCUT2D eigenvalue weighted by atomic mass is 35.5. The molecule has 8 heteroatoms. The van der Waals surface area contributed by atoms with Crippen molar-refractivity contribution in [3.8, 4) is 0 Å². The minimum atomic E-state index is -4.44. The highest BCUT2D eigenvalue weighted by Crippen LogP contribution is 2.40. The van der Waals surface area contributed by atoms with Crippen molar-refractivity contribution in [2.24, 2.45) is 16.9 Å². The van der Waals surface area contributed by atoms with Gasteiger partial charge in [-0.25, -0.2) is 0 Å². The van der Waals surface area contributed by atoms with Crippen LogP contribution in [0.3, 0.4) is 0 Å². The molecular weight excluding hydrogens is 347 g/mol. The van der Waals surface area contributed by atoms with E-state index in [4.69, 9.17) is 23.8 Å². The van der Waals surface area contributed by atoms with Crippen LogP contribution in [-0.2, 0) is 6.18 Å². The summed E-state index contributed by atoms with van der Waals surface area (Å²) >= 11 is 11.0. The fourth-order valence-electron chi connectivity index (χ4n) is 2.73. The average molecular weight is 360 g/mol. The van der Waals surface area contributed by atoms with Gasteiger partial charge in [0.1, 0.15) is 0 Å². The van der Waals surface area contributed by atoms with Gasteiger partial charge in [0.15, 0.2) is 5.11 Å². The number of rotatable bonds is 2. The minimum Gasteiger partial charge on any atom is -0.330 e. The SMILES string of the molecule is FC(F)(F)c1ccc(Cl)c(NC(=S)N/N=C2\CC3C=CCC23)c1. The van der Waals surface area contributed by atoms with Crippen molar-refractivity contribution in [1.82, 2.24) is 5.43 Å². The van der Waals surface area contributed by atoms with Crippen molar-refractivity contribution in [2.75, 3.05) is 5.32 Å². The molecule has 1 aromatic rings. The van der Waals surface area contributed by atoms with E-state index in [1.165, 1.54) is 6.07 Å². The van der Waals surface area contributed by atoms with E-state index in [1.807, 2.05) is 0 Å². The molecule has 0 saturated heterocycles. The van der Waals surface area contributed by atoms with E-state index in [2.05, 4.69) is 28.0 Å². The van der Waals surface area contributed by atoms with Gasteiger partial charge in [-0.1, -0.05) is 23.8 Å². The maximum absolute atomic E-state index is 12.7. The lowest BCUT2D eigenvalue weighted by Gasteiger charge is -2.31. The molecule has 0 heterocycles. The van der Waals surface area contributed by atoms with Crippen LogP contribution in [-0.4, -0.2) is 10.8 Å². The van der Waals surface area contributed by atoms with Gasteiger partial charge < -0.3 is 5.32 Å². The summed E-state index contributed by atoms with van der Waals surface area (Å²) in [5.74, 6) is 0.998. The van der Waals surface area contributed by atoms with Crippen LogP contribution < -0.4 is 10.7 Å². The molecule has 0 aliphatic heterocycles. The third kappa shape index (κ3) is 3.50. The number of hydrazone groups is 1. The van der Waals surface area contributed by atoms with Gasteiger partial charge >= 0.3 is 6.18 Å². The maximum atomic E-state index is 12.7. The summed E-state index contributed by atoms with van der Waals surface area (Å²) in [6, 6.07) is 3.03. The molecule has 2 aliphatic carbocycles. The zero-order chi connectivity index (χ0) is 16.6. The average Bonchev–Trinajstić information content (AvgIpc) is 2.82. The van der Waals surface area contributed by atoms with Crippen LogP contribution in [0.4, 0.5) is 18.9 Å². The molecule has 2 N–H and O–H groups in total. The number of allylic oxidation sites excluding steroid dienone is 2. The predicted molar refractivity (Wildman–Crippen MR) is 88.6 cm³/mol. The monoisotopic (exact) mass is 359 g/mol. The summed E-state index contributed by atoms with van der Waals surface area (Å²) in [7, 11) is 0. The molecule has 1 fully saturated rings. The molecule has 122 valence electrons. The minimum absolute atomic E-state index is 0.0909. The summed E-state index contributed by atoms with van der Waals surface area (Å²) in [6.07, 6.45) is 1.75. The van der Waals surface area contributed by atoms with E-state index in [-0.39, 0.29) is 15.8 Å². The van der Waals surface area contributed by atoms with Crippen LogP contribution in [0.1, 0.15) is 18.4 Å². The Balaban J connectivity index is 1.63. The normalized spacial score (nSPS) is 24.3. The van der Waals surface area contributed by atoms with Crippen LogP contribution in [0.5, 0.6) is 0 Å². The first-order valence-corrected chi connectivity index (χ1v) is 7.80. The fraction of sp³-hybridized carbons (Fsp3) is 0.333. The number of benzene rings is 1. The molecule has 0 aromatic heterocycles. The van der Waals surface area contributed by atoms with Gasteiger partial charge in [-0.15, -0.1) is 0 Å². The number of anilines is 1. The Morgan fingerprint density at radius 2 is 2.13 bits per heavy atom.